The van der Waals surface area contributed by atoms with Crippen molar-refractivity contribution in [1.82, 2.24) is 19.8 Å². The van der Waals surface area contributed by atoms with Crippen molar-refractivity contribution in [3.8, 4) is 0 Å². The molecule has 2 amide bonds. The minimum absolute atomic E-state index is 0.0552. The van der Waals surface area contributed by atoms with Gasteiger partial charge < -0.3 is 19.6 Å². The molecule has 2 aliphatic heterocycles. The molecule has 4 heterocycles. The Labute approximate surface area is 195 Å². The van der Waals surface area contributed by atoms with Gasteiger partial charge in [-0.05, 0) is 12.1 Å². The van der Waals surface area contributed by atoms with E-state index in [0.717, 1.165) is 0 Å². The summed E-state index contributed by atoms with van der Waals surface area (Å²) in [6.07, 6.45) is 3.17. The van der Waals surface area contributed by atoms with Gasteiger partial charge in [0.1, 0.15) is 11.6 Å². The molecule has 160 valence electrons. The number of hydrogen-bond donors (Lipinski definition) is 0. The Morgan fingerprint density at radius 2 is 1.03 bits per heavy atom. The molecule has 2 aromatic rings. The zero-order chi connectivity index (χ0) is 21.3. The second-order valence-electron chi connectivity index (χ2n) is 7.15. The third-order valence-electron chi connectivity index (χ3n) is 5.28. The van der Waals surface area contributed by atoms with Crippen LogP contribution in [0.25, 0.3) is 0 Å². The number of carbonyl (C=O) groups excluding carboxylic acids is 1. The predicted octanol–water partition coefficient (Wildman–Crippen LogP) is 4.15. The van der Waals surface area contributed by atoms with E-state index in [4.69, 9.17) is 46.4 Å². The summed E-state index contributed by atoms with van der Waals surface area (Å²) in [5.74, 6) is 1.41. The average molecular weight is 490 g/mol. The lowest BCUT2D eigenvalue weighted by molar-refractivity contribution is 0.147. The van der Waals surface area contributed by atoms with Crippen LogP contribution >= 0.6 is 46.4 Å². The number of anilines is 2. The van der Waals surface area contributed by atoms with Gasteiger partial charge in [-0.25, -0.2) is 14.8 Å². The Kier molecular flexibility index (Phi) is 6.63. The fraction of sp³-hybridized carbons (Fsp3) is 0.421. The van der Waals surface area contributed by atoms with Crippen molar-refractivity contribution in [2.24, 2.45) is 0 Å². The summed E-state index contributed by atoms with van der Waals surface area (Å²) in [5.41, 5.74) is 0. The molecule has 2 saturated heterocycles. The molecule has 0 unspecified atom stereocenters. The summed E-state index contributed by atoms with van der Waals surface area (Å²) in [6, 6.07) is 3.42. The number of carbonyl (C=O) groups is 1. The highest BCUT2D eigenvalue weighted by atomic mass is 35.5. The van der Waals surface area contributed by atoms with Crippen LogP contribution in [-0.4, -0.2) is 78.2 Å². The first-order chi connectivity index (χ1) is 14.4. The van der Waals surface area contributed by atoms with Gasteiger partial charge in [0.15, 0.2) is 0 Å². The molecule has 2 aromatic heterocycles. The van der Waals surface area contributed by atoms with E-state index in [1.807, 2.05) is 9.80 Å². The smallest absolute Gasteiger partial charge is 0.320 e. The van der Waals surface area contributed by atoms with E-state index in [-0.39, 0.29) is 6.03 Å². The minimum Gasteiger partial charge on any atom is -0.352 e. The monoisotopic (exact) mass is 488 g/mol. The summed E-state index contributed by atoms with van der Waals surface area (Å²) >= 11 is 24.4. The third kappa shape index (κ3) is 4.64. The van der Waals surface area contributed by atoms with Crippen molar-refractivity contribution in [2.75, 3.05) is 62.2 Å². The second-order valence-corrected chi connectivity index (χ2v) is 8.84. The number of rotatable bonds is 2. The number of halogens is 4. The van der Waals surface area contributed by atoms with Crippen LogP contribution in [0.1, 0.15) is 0 Å². The van der Waals surface area contributed by atoms with E-state index >= 15 is 0 Å². The zero-order valence-electron chi connectivity index (χ0n) is 16.1. The number of nitrogens with zero attached hydrogens (tertiary/aromatic N) is 6. The van der Waals surface area contributed by atoms with Gasteiger partial charge in [0.25, 0.3) is 0 Å². The molecule has 0 bridgehead atoms. The molecule has 30 heavy (non-hydrogen) atoms. The van der Waals surface area contributed by atoms with Gasteiger partial charge in [0, 0.05) is 64.8 Å². The number of pyridine rings is 2. The topological polar surface area (TPSA) is 55.8 Å². The van der Waals surface area contributed by atoms with E-state index < -0.39 is 0 Å². The number of amides is 2. The molecule has 0 spiro atoms. The maximum atomic E-state index is 13.0. The Morgan fingerprint density at radius 3 is 1.37 bits per heavy atom. The van der Waals surface area contributed by atoms with Crippen LogP contribution in [0.3, 0.4) is 0 Å². The molecule has 0 saturated carbocycles. The first kappa shape index (κ1) is 21.6. The standard InChI is InChI=1S/C19H20Cl4N6O/c20-13-9-15(22)17(24-11-13)26-1-5-28(6-2-26)19(30)29-7-3-27(4-8-29)18-16(23)10-14(21)12-25-18/h9-12H,1-8H2. The van der Waals surface area contributed by atoms with Crippen LogP contribution in [0, 0.1) is 0 Å². The van der Waals surface area contributed by atoms with Crippen molar-refractivity contribution >= 4 is 64.1 Å². The van der Waals surface area contributed by atoms with E-state index in [1.54, 1.807) is 24.5 Å². The molecule has 7 nitrogen and oxygen atoms in total. The number of piperazine rings is 2. The van der Waals surface area contributed by atoms with Gasteiger partial charge in [0.05, 0.1) is 20.1 Å². The Morgan fingerprint density at radius 1 is 0.667 bits per heavy atom. The van der Waals surface area contributed by atoms with Crippen LogP contribution in [0.2, 0.25) is 20.1 Å². The van der Waals surface area contributed by atoms with Crippen molar-refractivity contribution < 1.29 is 4.79 Å². The molecular formula is C19H20Cl4N6O. The van der Waals surface area contributed by atoms with Crippen LogP contribution in [0.4, 0.5) is 16.4 Å². The summed E-state index contributed by atoms with van der Waals surface area (Å²) in [5, 5.41) is 2.05. The molecule has 0 aliphatic carbocycles. The lowest BCUT2D eigenvalue weighted by Crippen LogP contribution is -2.57. The van der Waals surface area contributed by atoms with Crippen LogP contribution < -0.4 is 9.80 Å². The average Bonchev–Trinajstić information content (AvgIpc) is 2.74. The normalized spacial score (nSPS) is 17.5. The van der Waals surface area contributed by atoms with E-state index in [0.29, 0.717) is 84.1 Å². The number of aromatic nitrogens is 2. The van der Waals surface area contributed by atoms with E-state index in [2.05, 4.69) is 19.8 Å². The molecule has 2 aliphatic rings. The van der Waals surface area contributed by atoms with Gasteiger partial charge in [-0.2, -0.15) is 0 Å². The summed E-state index contributed by atoms with van der Waals surface area (Å²) in [4.78, 5) is 29.5. The fourth-order valence-electron chi connectivity index (χ4n) is 3.70. The van der Waals surface area contributed by atoms with Gasteiger partial charge in [-0.15, -0.1) is 0 Å². The van der Waals surface area contributed by atoms with Crippen molar-refractivity contribution in [3.05, 3.63) is 44.6 Å². The fourth-order valence-corrected chi connectivity index (χ4v) is 4.70. The zero-order valence-corrected chi connectivity index (χ0v) is 19.1. The van der Waals surface area contributed by atoms with Crippen molar-refractivity contribution in [1.29, 1.82) is 0 Å². The molecule has 0 atom stereocenters. The van der Waals surface area contributed by atoms with Gasteiger partial charge in [-0.1, -0.05) is 46.4 Å². The molecule has 4 rings (SSSR count). The van der Waals surface area contributed by atoms with Crippen LogP contribution in [0.5, 0.6) is 0 Å². The summed E-state index contributed by atoms with van der Waals surface area (Å²) in [6.45, 7) is 5.15. The van der Waals surface area contributed by atoms with Crippen LogP contribution in [0.15, 0.2) is 24.5 Å². The summed E-state index contributed by atoms with van der Waals surface area (Å²) in [7, 11) is 0. The first-order valence-electron chi connectivity index (χ1n) is 9.58. The number of hydrogen-bond acceptors (Lipinski definition) is 5. The molecule has 0 N–H and O–H groups in total. The highest BCUT2D eigenvalue weighted by molar-refractivity contribution is 6.36. The molecule has 11 heteroatoms. The van der Waals surface area contributed by atoms with E-state index in [9.17, 15) is 4.79 Å². The van der Waals surface area contributed by atoms with E-state index in [1.165, 1.54) is 0 Å². The van der Waals surface area contributed by atoms with Crippen molar-refractivity contribution in [2.45, 2.75) is 0 Å². The highest BCUT2D eigenvalue weighted by Crippen LogP contribution is 2.28. The lowest BCUT2D eigenvalue weighted by atomic mass is 10.3. The number of urea groups is 1. The molecular weight excluding hydrogens is 470 g/mol. The van der Waals surface area contributed by atoms with Crippen LogP contribution in [-0.2, 0) is 0 Å². The maximum Gasteiger partial charge on any atom is 0.320 e. The SMILES string of the molecule is O=C(N1CCN(c2ncc(Cl)cc2Cl)CC1)N1CCN(c2ncc(Cl)cc2Cl)CC1. The van der Waals surface area contributed by atoms with Gasteiger partial charge in [0.2, 0.25) is 0 Å². The Bertz CT molecular complexity index is 856. The minimum atomic E-state index is 0.0552. The maximum absolute atomic E-state index is 13.0. The quantitative estimate of drug-likeness (QED) is 0.634. The molecule has 0 aromatic carbocycles. The van der Waals surface area contributed by atoms with Crippen molar-refractivity contribution in [3.63, 3.8) is 0 Å². The van der Waals surface area contributed by atoms with Gasteiger partial charge >= 0.3 is 6.03 Å². The first-order valence-corrected chi connectivity index (χ1v) is 11.1. The molecule has 0 radical (unpaired) electrons. The second kappa shape index (κ2) is 9.22. The third-order valence-corrected chi connectivity index (χ3v) is 6.25. The molecule has 2 fully saturated rings. The van der Waals surface area contributed by atoms with Gasteiger partial charge in [-0.3, -0.25) is 0 Å². The largest absolute Gasteiger partial charge is 0.352 e. The Hall–Kier alpha value is -1.67. The lowest BCUT2D eigenvalue weighted by Gasteiger charge is -2.41. The Balaban J connectivity index is 1.31. The summed E-state index contributed by atoms with van der Waals surface area (Å²) < 4.78 is 0. The predicted molar refractivity (Wildman–Crippen MR) is 121 cm³/mol. The highest BCUT2D eigenvalue weighted by Gasteiger charge is 2.29.